The van der Waals surface area contributed by atoms with E-state index in [9.17, 15) is 9.59 Å². The van der Waals surface area contributed by atoms with Gasteiger partial charge < -0.3 is 5.32 Å². The van der Waals surface area contributed by atoms with E-state index in [2.05, 4.69) is 11.4 Å². The van der Waals surface area contributed by atoms with Gasteiger partial charge in [-0.2, -0.15) is 5.26 Å². The molecule has 2 amide bonds. The van der Waals surface area contributed by atoms with Crippen molar-refractivity contribution < 1.29 is 9.59 Å². The van der Waals surface area contributed by atoms with Gasteiger partial charge in [-0.25, -0.2) is 0 Å². The van der Waals surface area contributed by atoms with Crippen LogP contribution < -0.4 is 5.32 Å². The number of likely N-dealkylation sites (tertiary alicyclic amines) is 1. The molecule has 0 aromatic rings. The molecule has 1 N–H and O–H groups in total. The average Bonchev–Trinajstić information content (AvgIpc) is 2.65. The zero-order valence-electron chi connectivity index (χ0n) is 10.5. The molecule has 1 atom stereocenters. The van der Waals surface area contributed by atoms with Crippen LogP contribution in [0.2, 0.25) is 0 Å². The van der Waals surface area contributed by atoms with Crippen LogP contribution in [0.4, 0.5) is 0 Å². The number of amides is 2. The summed E-state index contributed by atoms with van der Waals surface area (Å²) in [7, 11) is 1.76. The number of unbranched alkanes of at least 4 members (excludes halogenated alkanes) is 1. The lowest BCUT2D eigenvalue weighted by Gasteiger charge is -2.21. The third-order valence-corrected chi connectivity index (χ3v) is 3.26. The van der Waals surface area contributed by atoms with Gasteiger partial charge in [0.1, 0.15) is 5.54 Å². The van der Waals surface area contributed by atoms with E-state index in [0.717, 1.165) is 19.3 Å². The molecular formula is C12H19N3O2. The Morgan fingerprint density at radius 3 is 2.41 bits per heavy atom. The minimum Gasteiger partial charge on any atom is -0.303 e. The third kappa shape index (κ3) is 3.53. The van der Waals surface area contributed by atoms with E-state index in [1.807, 2.05) is 6.92 Å². The first-order valence-corrected chi connectivity index (χ1v) is 5.96. The lowest BCUT2D eigenvalue weighted by molar-refractivity contribution is -0.138. The van der Waals surface area contributed by atoms with Crippen molar-refractivity contribution in [2.45, 2.75) is 44.6 Å². The monoisotopic (exact) mass is 237 g/mol. The van der Waals surface area contributed by atoms with Gasteiger partial charge in [-0.3, -0.25) is 14.5 Å². The highest BCUT2D eigenvalue weighted by atomic mass is 16.2. The normalized spacial score (nSPS) is 19.2. The maximum absolute atomic E-state index is 11.3. The highest BCUT2D eigenvalue weighted by Crippen LogP contribution is 2.15. The number of nitrogens with one attached hydrogen (secondary N) is 1. The van der Waals surface area contributed by atoms with Crippen molar-refractivity contribution in [3.8, 4) is 6.07 Å². The standard InChI is InChI=1S/C12H19N3O2/c1-12(9-13,14-2)7-3-4-8-15-10(16)5-6-11(15)17/h14H,3-8H2,1-2H3. The number of imide groups is 1. The molecule has 0 bridgehead atoms. The van der Waals surface area contributed by atoms with Gasteiger partial charge in [0.15, 0.2) is 0 Å². The molecule has 0 spiro atoms. The smallest absolute Gasteiger partial charge is 0.229 e. The molecule has 0 aliphatic carbocycles. The zero-order valence-corrected chi connectivity index (χ0v) is 10.5. The summed E-state index contributed by atoms with van der Waals surface area (Å²) in [6.45, 7) is 2.34. The molecule has 0 saturated carbocycles. The second kappa shape index (κ2) is 5.78. The molecular weight excluding hydrogens is 218 g/mol. The molecule has 0 radical (unpaired) electrons. The van der Waals surface area contributed by atoms with Crippen LogP contribution in [0.3, 0.4) is 0 Å². The Balaban J connectivity index is 2.27. The molecule has 1 aliphatic heterocycles. The summed E-state index contributed by atoms with van der Waals surface area (Å²) in [5.41, 5.74) is -0.515. The van der Waals surface area contributed by atoms with Crippen molar-refractivity contribution in [1.29, 1.82) is 5.26 Å². The molecule has 0 aromatic carbocycles. The highest BCUT2D eigenvalue weighted by molar-refractivity contribution is 6.01. The molecule has 17 heavy (non-hydrogen) atoms. The summed E-state index contributed by atoms with van der Waals surface area (Å²) >= 11 is 0. The summed E-state index contributed by atoms with van der Waals surface area (Å²) in [6.07, 6.45) is 3.01. The summed E-state index contributed by atoms with van der Waals surface area (Å²) < 4.78 is 0. The summed E-state index contributed by atoms with van der Waals surface area (Å²) in [4.78, 5) is 24.0. The van der Waals surface area contributed by atoms with E-state index in [-0.39, 0.29) is 11.8 Å². The number of nitrogens with zero attached hydrogens (tertiary/aromatic N) is 2. The van der Waals surface area contributed by atoms with Gasteiger partial charge in [-0.05, 0) is 33.2 Å². The molecule has 1 unspecified atom stereocenters. The Kier molecular flexibility index (Phi) is 4.64. The molecule has 5 nitrogen and oxygen atoms in total. The zero-order chi connectivity index (χ0) is 12.9. The Bertz CT molecular complexity index is 332. The van der Waals surface area contributed by atoms with Gasteiger partial charge >= 0.3 is 0 Å². The van der Waals surface area contributed by atoms with Crippen molar-refractivity contribution in [1.82, 2.24) is 10.2 Å². The van der Waals surface area contributed by atoms with E-state index in [4.69, 9.17) is 5.26 Å². The quantitative estimate of drug-likeness (QED) is 0.548. The fourth-order valence-corrected chi connectivity index (χ4v) is 1.86. The topological polar surface area (TPSA) is 73.2 Å². The molecule has 1 saturated heterocycles. The van der Waals surface area contributed by atoms with Gasteiger partial charge in [0.05, 0.1) is 6.07 Å². The van der Waals surface area contributed by atoms with Crippen LogP contribution in [-0.4, -0.2) is 35.8 Å². The average molecular weight is 237 g/mol. The van der Waals surface area contributed by atoms with Crippen molar-refractivity contribution in [2.75, 3.05) is 13.6 Å². The van der Waals surface area contributed by atoms with Crippen molar-refractivity contribution in [3.05, 3.63) is 0 Å². The predicted molar refractivity (Wildman–Crippen MR) is 62.9 cm³/mol. The lowest BCUT2D eigenvalue weighted by Crippen LogP contribution is -2.38. The van der Waals surface area contributed by atoms with Crippen LogP contribution in [0.15, 0.2) is 0 Å². The maximum atomic E-state index is 11.3. The maximum Gasteiger partial charge on any atom is 0.229 e. The van der Waals surface area contributed by atoms with E-state index >= 15 is 0 Å². The Morgan fingerprint density at radius 2 is 1.94 bits per heavy atom. The number of hydrogen-bond donors (Lipinski definition) is 1. The lowest BCUT2D eigenvalue weighted by atomic mass is 9.97. The molecule has 94 valence electrons. The van der Waals surface area contributed by atoms with Gasteiger partial charge in [0, 0.05) is 19.4 Å². The Labute approximate surface area is 102 Å². The molecule has 1 heterocycles. The fourth-order valence-electron chi connectivity index (χ4n) is 1.86. The van der Waals surface area contributed by atoms with Crippen LogP contribution in [0, 0.1) is 11.3 Å². The summed E-state index contributed by atoms with van der Waals surface area (Å²) in [6, 6.07) is 2.22. The van der Waals surface area contributed by atoms with E-state index in [0.29, 0.717) is 19.4 Å². The number of carbonyl (C=O) groups is 2. The number of carbonyl (C=O) groups excluding carboxylic acids is 2. The van der Waals surface area contributed by atoms with Gasteiger partial charge in [-0.15, -0.1) is 0 Å². The van der Waals surface area contributed by atoms with Crippen LogP contribution in [0.25, 0.3) is 0 Å². The van der Waals surface area contributed by atoms with Gasteiger partial charge in [0.25, 0.3) is 0 Å². The van der Waals surface area contributed by atoms with Gasteiger partial charge in [-0.1, -0.05) is 0 Å². The fraction of sp³-hybridized carbons (Fsp3) is 0.750. The SMILES string of the molecule is CNC(C)(C#N)CCCCN1C(=O)CCC1=O. The van der Waals surface area contributed by atoms with Crippen LogP contribution in [-0.2, 0) is 9.59 Å². The van der Waals surface area contributed by atoms with Gasteiger partial charge in [0.2, 0.25) is 11.8 Å². The molecule has 0 aromatic heterocycles. The molecule has 5 heteroatoms. The second-order valence-electron chi connectivity index (χ2n) is 4.59. The van der Waals surface area contributed by atoms with E-state index in [1.165, 1.54) is 4.90 Å². The predicted octanol–water partition coefficient (Wildman–Crippen LogP) is 0.807. The minimum absolute atomic E-state index is 0.0633. The van der Waals surface area contributed by atoms with Crippen LogP contribution >= 0.6 is 0 Å². The highest BCUT2D eigenvalue weighted by Gasteiger charge is 2.28. The number of rotatable bonds is 6. The van der Waals surface area contributed by atoms with Crippen molar-refractivity contribution >= 4 is 11.8 Å². The van der Waals surface area contributed by atoms with Crippen molar-refractivity contribution in [2.24, 2.45) is 0 Å². The number of nitriles is 1. The molecule has 1 fully saturated rings. The molecule has 1 aliphatic rings. The molecule has 1 rings (SSSR count). The van der Waals surface area contributed by atoms with Crippen molar-refractivity contribution in [3.63, 3.8) is 0 Å². The summed E-state index contributed by atoms with van der Waals surface area (Å²) in [5.74, 6) is -0.127. The first-order chi connectivity index (χ1) is 8.02. The van der Waals surface area contributed by atoms with E-state index in [1.54, 1.807) is 7.05 Å². The number of hydrogen-bond acceptors (Lipinski definition) is 4. The second-order valence-corrected chi connectivity index (χ2v) is 4.59. The van der Waals surface area contributed by atoms with Crippen LogP contribution in [0.1, 0.15) is 39.0 Å². The van der Waals surface area contributed by atoms with Crippen LogP contribution in [0.5, 0.6) is 0 Å². The van der Waals surface area contributed by atoms with E-state index < -0.39 is 5.54 Å². The Morgan fingerprint density at radius 1 is 1.35 bits per heavy atom. The Hall–Kier alpha value is -1.41. The minimum atomic E-state index is -0.515. The first kappa shape index (κ1) is 13.7. The largest absolute Gasteiger partial charge is 0.303 e. The summed E-state index contributed by atoms with van der Waals surface area (Å²) in [5, 5.41) is 11.9. The third-order valence-electron chi connectivity index (χ3n) is 3.26. The first-order valence-electron chi connectivity index (χ1n) is 5.96.